The lowest BCUT2D eigenvalue weighted by molar-refractivity contribution is -0.114. The van der Waals surface area contributed by atoms with Crippen LogP contribution in [0.4, 0.5) is 5.69 Å². The highest BCUT2D eigenvalue weighted by Crippen LogP contribution is 2.32. The molecule has 28 heavy (non-hydrogen) atoms. The molecule has 144 valence electrons. The van der Waals surface area contributed by atoms with Crippen LogP contribution in [0.5, 0.6) is 0 Å². The number of anilines is 1. The van der Waals surface area contributed by atoms with Crippen molar-refractivity contribution in [2.24, 2.45) is 0 Å². The molecule has 0 unspecified atom stereocenters. The van der Waals surface area contributed by atoms with Gasteiger partial charge in [-0.1, -0.05) is 45.0 Å². The number of carboxylic acids is 1. The molecule has 6 heteroatoms. The smallest absolute Gasteiger partial charge is 0.358 e. The average Bonchev–Trinajstić information content (AvgIpc) is 3.06. The molecule has 0 bridgehead atoms. The van der Waals surface area contributed by atoms with Crippen LogP contribution in [-0.4, -0.2) is 22.0 Å². The largest absolute Gasteiger partial charge is 0.476 e. The molecule has 0 saturated heterocycles. The van der Waals surface area contributed by atoms with E-state index in [2.05, 4.69) is 31.1 Å². The maximum absolute atomic E-state index is 11.7. The van der Waals surface area contributed by atoms with Crippen LogP contribution in [0.15, 0.2) is 52.9 Å². The number of aromatic nitrogens is 1. The van der Waals surface area contributed by atoms with Crippen LogP contribution in [0.25, 0.3) is 22.8 Å². The normalized spacial score (nSPS) is 11.3. The van der Waals surface area contributed by atoms with Crippen LogP contribution in [0.3, 0.4) is 0 Å². The predicted molar refractivity (Wildman–Crippen MR) is 107 cm³/mol. The van der Waals surface area contributed by atoms with Crippen molar-refractivity contribution in [3.05, 3.63) is 59.8 Å². The number of amides is 1. The van der Waals surface area contributed by atoms with Crippen LogP contribution < -0.4 is 5.32 Å². The predicted octanol–water partition coefficient (Wildman–Crippen LogP) is 4.96. The van der Waals surface area contributed by atoms with Gasteiger partial charge in [0.25, 0.3) is 0 Å². The van der Waals surface area contributed by atoms with Crippen molar-refractivity contribution in [3.8, 4) is 22.8 Å². The van der Waals surface area contributed by atoms with Crippen molar-refractivity contribution in [1.82, 2.24) is 4.98 Å². The Hall–Kier alpha value is -3.41. The number of carbonyl (C=O) groups is 2. The molecule has 0 spiro atoms. The Bertz CT molecular complexity index is 1030. The lowest BCUT2D eigenvalue weighted by Crippen LogP contribution is -2.10. The van der Waals surface area contributed by atoms with E-state index in [1.807, 2.05) is 24.3 Å². The number of hydrogen-bond acceptors (Lipinski definition) is 4. The molecule has 0 saturated carbocycles. The van der Waals surface area contributed by atoms with E-state index >= 15 is 0 Å². The molecule has 3 aromatic rings. The summed E-state index contributed by atoms with van der Waals surface area (Å²) in [4.78, 5) is 27.2. The molecular formula is C22H22N2O4. The molecule has 1 heterocycles. The topological polar surface area (TPSA) is 92.4 Å². The number of oxazole rings is 1. The molecule has 6 nitrogen and oxygen atoms in total. The Labute approximate surface area is 163 Å². The summed E-state index contributed by atoms with van der Waals surface area (Å²) < 4.78 is 5.83. The summed E-state index contributed by atoms with van der Waals surface area (Å²) in [5, 5.41) is 12.2. The van der Waals surface area contributed by atoms with Gasteiger partial charge in [-0.15, -0.1) is 0 Å². The third-order valence-electron chi connectivity index (χ3n) is 4.27. The molecule has 0 fully saturated rings. The van der Waals surface area contributed by atoms with Gasteiger partial charge in [-0.05, 0) is 35.2 Å². The Morgan fingerprint density at radius 1 is 1.04 bits per heavy atom. The zero-order chi connectivity index (χ0) is 20.5. The fourth-order valence-corrected chi connectivity index (χ4v) is 2.84. The first-order valence-electron chi connectivity index (χ1n) is 8.88. The van der Waals surface area contributed by atoms with Crippen molar-refractivity contribution in [2.45, 2.75) is 33.1 Å². The standard InChI is InChI=1S/C22H22N2O4/c1-13(25)23-17-7-5-6-15(12-17)19-18(21(26)27)24-20(28-19)14-8-10-16(11-9-14)22(2,3)4/h5-12H,1-4H3,(H,23,25)(H,26,27). The fraction of sp³-hybridized carbons (Fsp3) is 0.227. The molecule has 1 amide bonds. The third kappa shape index (κ3) is 4.11. The van der Waals surface area contributed by atoms with Gasteiger partial charge in [0, 0.05) is 23.7 Å². The highest BCUT2D eigenvalue weighted by Gasteiger charge is 2.22. The van der Waals surface area contributed by atoms with E-state index < -0.39 is 5.97 Å². The lowest BCUT2D eigenvalue weighted by Gasteiger charge is -2.18. The molecular weight excluding hydrogens is 356 g/mol. The SMILES string of the molecule is CC(=O)Nc1cccc(-c2oc(-c3ccc(C(C)(C)C)cc3)nc2C(=O)O)c1. The number of nitrogens with zero attached hydrogens (tertiary/aromatic N) is 1. The molecule has 2 aromatic carbocycles. The van der Waals surface area contributed by atoms with E-state index in [1.54, 1.807) is 24.3 Å². The summed E-state index contributed by atoms with van der Waals surface area (Å²) in [5.41, 5.74) is 2.76. The summed E-state index contributed by atoms with van der Waals surface area (Å²) in [6, 6.07) is 14.5. The second kappa shape index (κ2) is 7.31. The number of aromatic carboxylic acids is 1. The zero-order valence-corrected chi connectivity index (χ0v) is 16.2. The number of rotatable bonds is 4. The summed E-state index contributed by atoms with van der Waals surface area (Å²) in [7, 11) is 0. The van der Waals surface area contributed by atoms with Crippen LogP contribution in [0, 0.1) is 0 Å². The summed E-state index contributed by atoms with van der Waals surface area (Å²) in [5.74, 6) is -1.01. The monoisotopic (exact) mass is 378 g/mol. The van der Waals surface area contributed by atoms with E-state index in [9.17, 15) is 14.7 Å². The van der Waals surface area contributed by atoms with Crippen LogP contribution in [-0.2, 0) is 10.2 Å². The van der Waals surface area contributed by atoms with Crippen molar-refractivity contribution in [2.75, 3.05) is 5.32 Å². The van der Waals surface area contributed by atoms with E-state index in [0.29, 0.717) is 16.8 Å². The van der Waals surface area contributed by atoms with Crippen LogP contribution >= 0.6 is 0 Å². The number of carbonyl (C=O) groups excluding carboxylic acids is 1. The second-order valence-corrected chi connectivity index (χ2v) is 7.59. The van der Waals surface area contributed by atoms with Crippen molar-refractivity contribution >= 4 is 17.6 Å². The van der Waals surface area contributed by atoms with Crippen molar-refractivity contribution in [1.29, 1.82) is 0 Å². The first-order valence-corrected chi connectivity index (χ1v) is 8.88. The van der Waals surface area contributed by atoms with Gasteiger partial charge in [-0.2, -0.15) is 0 Å². The molecule has 3 rings (SSSR count). The van der Waals surface area contributed by atoms with E-state index in [1.165, 1.54) is 6.92 Å². The highest BCUT2D eigenvalue weighted by atomic mass is 16.4. The molecule has 0 radical (unpaired) electrons. The zero-order valence-electron chi connectivity index (χ0n) is 16.2. The first kappa shape index (κ1) is 19.4. The molecule has 0 aliphatic carbocycles. The minimum absolute atomic E-state index is 0.0106. The Morgan fingerprint density at radius 3 is 2.29 bits per heavy atom. The molecule has 0 aliphatic heterocycles. The van der Waals surface area contributed by atoms with Gasteiger partial charge in [0.2, 0.25) is 11.8 Å². The number of carboxylic acid groups (broad SMARTS) is 1. The maximum atomic E-state index is 11.7. The highest BCUT2D eigenvalue weighted by molar-refractivity contribution is 5.94. The van der Waals surface area contributed by atoms with Crippen LogP contribution in [0.1, 0.15) is 43.7 Å². The molecule has 0 atom stereocenters. The van der Waals surface area contributed by atoms with E-state index in [0.717, 1.165) is 5.56 Å². The van der Waals surface area contributed by atoms with E-state index in [-0.39, 0.29) is 28.7 Å². The first-order chi connectivity index (χ1) is 13.1. The van der Waals surface area contributed by atoms with Gasteiger partial charge in [0.05, 0.1) is 0 Å². The average molecular weight is 378 g/mol. The lowest BCUT2D eigenvalue weighted by atomic mass is 9.87. The van der Waals surface area contributed by atoms with E-state index in [4.69, 9.17) is 4.42 Å². The molecule has 0 aliphatic rings. The van der Waals surface area contributed by atoms with Crippen LogP contribution in [0.2, 0.25) is 0 Å². The van der Waals surface area contributed by atoms with Gasteiger partial charge >= 0.3 is 5.97 Å². The molecule has 2 N–H and O–H groups in total. The van der Waals surface area contributed by atoms with Crippen molar-refractivity contribution < 1.29 is 19.1 Å². The van der Waals surface area contributed by atoms with Crippen molar-refractivity contribution in [3.63, 3.8) is 0 Å². The summed E-state index contributed by atoms with van der Waals surface area (Å²) >= 11 is 0. The maximum Gasteiger partial charge on any atom is 0.358 e. The number of hydrogen-bond donors (Lipinski definition) is 2. The van der Waals surface area contributed by atoms with Gasteiger partial charge in [0.1, 0.15) is 0 Å². The molecule has 1 aromatic heterocycles. The Kier molecular flexibility index (Phi) is 5.05. The Morgan fingerprint density at radius 2 is 1.71 bits per heavy atom. The number of nitrogens with one attached hydrogen (secondary N) is 1. The summed E-state index contributed by atoms with van der Waals surface area (Å²) in [6.07, 6.45) is 0. The van der Waals surface area contributed by atoms with Gasteiger partial charge in [-0.3, -0.25) is 4.79 Å². The van der Waals surface area contributed by atoms with Gasteiger partial charge in [-0.25, -0.2) is 9.78 Å². The quantitative estimate of drug-likeness (QED) is 0.669. The minimum Gasteiger partial charge on any atom is -0.476 e. The number of benzene rings is 2. The fourth-order valence-electron chi connectivity index (χ4n) is 2.84. The minimum atomic E-state index is -1.18. The third-order valence-corrected chi connectivity index (χ3v) is 4.27. The second-order valence-electron chi connectivity index (χ2n) is 7.59. The summed E-state index contributed by atoms with van der Waals surface area (Å²) in [6.45, 7) is 7.77. The van der Waals surface area contributed by atoms with Gasteiger partial charge < -0.3 is 14.8 Å². The van der Waals surface area contributed by atoms with Gasteiger partial charge in [0.15, 0.2) is 11.5 Å². The Balaban J connectivity index is 2.04.